The number of amides is 1. The van der Waals surface area contributed by atoms with Gasteiger partial charge < -0.3 is 10.3 Å². The van der Waals surface area contributed by atoms with Crippen LogP contribution < -0.4 is 5.32 Å². The topological polar surface area (TPSA) is 44.9 Å². The highest BCUT2D eigenvalue weighted by molar-refractivity contribution is 6.06. The van der Waals surface area contributed by atoms with Crippen LogP contribution in [0.3, 0.4) is 0 Å². The molecule has 0 spiro atoms. The Morgan fingerprint density at radius 2 is 1.62 bits per heavy atom. The van der Waals surface area contributed by atoms with Crippen molar-refractivity contribution in [2.45, 2.75) is 34.1 Å². The van der Waals surface area contributed by atoms with Crippen LogP contribution in [-0.4, -0.2) is 17.4 Å². The summed E-state index contributed by atoms with van der Waals surface area (Å²) in [6, 6.07) is 17.8. The highest BCUT2D eigenvalue weighted by Gasteiger charge is 2.08. The van der Waals surface area contributed by atoms with Crippen molar-refractivity contribution in [1.82, 2.24) is 10.3 Å². The zero-order chi connectivity index (χ0) is 17.8. The molecule has 0 aliphatic carbocycles. The molecule has 2 aromatic carbocycles. The lowest BCUT2D eigenvalue weighted by Gasteiger charge is -2.02. The molecule has 0 aliphatic rings. The Kier molecular flexibility index (Phi) is 8.98. The number of aromatic amines is 1. The Morgan fingerprint density at radius 1 is 0.958 bits per heavy atom. The van der Waals surface area contributed by atoms with E-state index < -0.39 is 0 Å². The zero-order valence-corrected chi connectivity index (χ0v) is 15.1. The van der Waals surface area contributed by atoms with E-state index in [0.717, 1.165) is 16.5 Å². The fourth-order valence-corrected chi connectivity index (χ4v) is 2.07. The van der Waals surface area contributed by atoms with Crippen molar-refractivity contribution in [3.05, 3.63) is 71.9 Å². The molecule has 0 saturated carbocycles. The standard InChI is InChI=1S/C11H12N2O.C7H8.C3H8/c1-2-12-11(14)9-4-3-5-10-8(9)6-7-13-10;1-7-5-3-2-4-6-7;1-3-2/h3-7,13H,2H2,1H3,(H,12,14);2-6H,1H3;3H2,1-2H3. The maximum Gasteiger partial charge on any atom is 0.251 e. The van der Waals surface area contributed by atoms with E-state index in [1.54, 1.807) is 0 Å². The number of nitrogens with one attached hydrogen (secondary N) is 2. The van der Waals surface area contributed by atoms with Gasteiger partial charge in [-0.2, -0.15) is 0 Å². The summed E-state index contributed by atoms with van der Waals surface area (Å²) in [6.07, 6.45) is 3.09. The van der Waals surface area contributed by atoms with Crippen LogP contribution in [0.4, 0.5) is 0 Å². The van der Waals surface area contributed by atoms with Gasteiger partial charge in [-0.1, -0.05) is 62.2 Å². The molecule has 3 heteroatoms. The SMILES string of the molecule is CCC.CCNC(=O)c1cccc2[nH]ccc12.Cc1ccccc1. The number of carbonyl (C=O) groups excluding carboxylic acids is 1. The smallest absolute Gasteiger partial charge is 0.251 e. The van der Waals surface area contributed by atoms with Gasteiger partial charge in [0.2, 0.25) is 0 Å². The van der Waals surface area contributed by atoms with Crippen LogP contribution in [0.1, 0.15) is 43.1 Å². The highest BCUT2D eigenvalue weighted by Crippen LogP contribution is 2.16. The van der Waals surface area contributed by atoms with Crippen molar-refractivity contribution < 1.29 is 4.79 Å². The van der Waals surface area contributed by atoms with E-state index in [4.69, 9.17) is 0 Å². The van der Waals surface area contributed by atoms with Gasteiger partial charge in [-0.05, 0) is 32.0 Å². The molecular formula is C21H28N2O. The van der Waals surface area contributed by atoms with Crippen molar-refractivity contribution >= 4 is 16.8 Å². The molecular weight excluding hydrogens is 296 g/mol. The number of hydrogen-bond acceptors (Lipinski definition) is 1. The van der Waals surface area contributed by atoms with Crippen LogP contribution in [0.5, 0.6) is 0 Å². The highest BCUT2D eigenvalue weighted by atomic mass is 16.1. The van der Waals surface area contributed by atoms with Crippen molar-refractivity contribution in [2.24, 2.45) is 0 Å². The first-order valence-electron chi connectivity index (χ1n) is 8.49. The van der Waals surface area contributed by atoms with Crippen molar-refractivity contribution in [3.8, 4) is 0 Å². The monoisotopic (exact) mass is 324 g/mol. The molecule has 0 unspecified atom stereocenters. The summed E-state index contributed by atoms with van der Waals surface area (Å²) in [7, 11) is 0. The summed E-state index contributed by atoms with van der Waals surface area (Å²) < 4.78 is 0. The summed E-state index contributed by atoms with van der Waals surface area (Å²) in [4.78, 5) is 14.7. The zero-order valence-electron chi connectivity index (χ0n) is 15.1. The average molecular weight is 324 g/mol. The number of aromatic nitrogens is 1. The normalized spacial score (nSPS) is 9.33. The summed E-state index contributed by atoms with van der Waals surface area (Å²) >= 11 is 0. The quantitative estimate of drug-likeness (QED) is 0.657. The van der Waals surface area contributed by atoms with Crippen LogP contribution in [0, 0.1) is 6.92 Å². The van der Waals surface area contributed by atoms with Crippen LogP contribution in [0.25, 0.3) is 10.9 Å². The Balaban J connectivity index is 0.000000241. The molecule has 0 atom stereocenters. The molecule has 3 nitrogen and oxygen atoms in total. The number of benzene rings is 2. The van der Waals surface area contributed by atoms with Crippen LogP contribution >= 0.6 is 0 Å². The lowest BCUT2D eigenvalue weighted by molar-refractivity contribution is 0.0957. The molecule has 0 aliphatic heterocycles. The molecule has 0 bridgehead atoms. The molecule has 1 amide bonds. The summed E-state index contributed by atoms with van der Waals surface area (Å²) in [5.74, 6) is -0.0160. The third-order valence-corrected chi connectivity index (χ3v) is 3.12. The fraction of sp³-hybridized carbons (Fsp3) is 0.286. The third kappa shape index (κ3) is 6.29. The van der Waals surface area contributed by atoms with Crippen molar-refractivity contribution in [2.75, 3.05) is 6.54 Å². The summed E-state index contributed by atoms with van der Waals surface area (Å²) in [6.45, 7) is 8.90. The lowest BCUT2D eigenvalue weighted by atomic mass is 10.1. The van der Waals surface area contributed by atoms with Crippen LogP contribution in [0.2, 0.25) is 0 Å². The molecule has 3 rings (SSSR count). The van der Waals surface area contributed by atoms with Gasteiger partial charge in [0.15, 0.2) is 0 Å². The summed E-state index contributed by atoms with van der Waals surface area (Å²) in [5.41, 5.74) is 3.04. The van der Waals surface area contributed by atoms with Gasteiger partial charge in [0.25, 0.3) is 5.91 Å². The largest absolute Gasteiger partial charge is 0.361 e. The Labute approximate surface area is 145 Å². The maximum atomic E-state index is 11.6. The molecule has 2 N–H and O–H groups in total. The van der Waals surface area contributed by atoms with E-state index in [9.17, 15) is 4.79 Å². The Bertz CT molecular complexity index is 717. The third-order valence-electron chi connectivity index (χ3n) is 3.12. The van der Waals surface area contributed by atoms with Crippen LogP contribution in [0.15, 0.2) is 60.8 Å². The maximum absolute atomic E-state index is 11.6. The van der Waals surface area contributed by atoms with E-state index in [1.165, 1.54) is 12.0 Å². The van der Waals surface area contributed by atoms with Gasteiger partial charge >= 0.3 is 0 Å². The first kappa shape index (κ1) is 19.5. The second-order valence-corrected chi connectivity index (χ2v) is 5.47. The number of rotatable bonds is 2. The van der Waals surface area contributed by atoms with E-state index in [2.05, 4.69) is 43.2 Å². The first-order chi connectivity index (χ1) is 11.6. The first-order valence-corrected chi connectivity index (χ1v) is 8.49. The van der Waals surface area contributed by atoms with Crippen molar-refractivity contribution in [3.63, 3.8) is 0 Å². The minimum Gasteiger partial charge on any atom is -0.361 e. The van der Waals surface area contributed by atoms with Crippen LogP contribution in [-0.2, 0) is 0 Å². The van der Waals surface area contributed by atoms with E-state index in [1.807, 2.05) is 55.6 Å². The predicted octanol–water partition coefficient (Wildman–Crippen LogP) is 5.33. The Morgan fingerprint density at radius 3 is 2.17 bits per heavy atom. The molecule has 3 aromatic rings. The molecule has 0 saturated heterocycles. The minimum atomic E-state index is -0.0160. The molecule has 128 valence electrons. The summed E-state index contributed by atoms with van der Waals surface area (Å²) in [5, 5.41) is 3.76. The van der Waals surface area contributed by atoms with Gasteiger partial charge in [0, 0.05) is 29.2 Å². The van der Waals surface area contributed by atoms with E-state index >= 15 is 0 Å². The second kappa shape index (κ2) is 11.1. The van der Waals surface area contributed by atoms with Gasteiger partial charge in [-0.15, -0.1) is 0 Å². The van der Waals surface area contributed by atoms with Crippen molar-refractivity contribution in [1.29, 1.82) is 0 Å². The lowest BCUT2D eigenvalue weighted by Crippen LogP contribution is -2.22. The molecule has 0 radical (unpaired) electrons. The van der Waals surface area contributed by atoms with E-state index in [-0.39, 0.29) is 5.91 Å². The molecule has 1 heterocycles. The number of carbonyl (C=O) groups is 1. The van der Waals surface area contributed by atoms with Gasteiger partial charge in [-0.25, -0.2) is 0 Å². The van der Waals surface area contributed by atoms with Gasteiger partial charge in [0.05, 0.1) is 0 Å². The van der Waals surface area contributed by atoms with Gasteiger partial charge in [0.1, 0.15) is 0 Å². The molecule has 24 heavy (non-hydrogen) atoms. The molecule has 1 aromatic heterocycles. The minimum absolute atomic E-state index is 0.0160. The Hall–Kier alpha value is -2.55. The van der Waals surface area contributed by atoms with Gasteiger partial charge in [-0.3, -0.25) is 4.79 Å². The number of aryl methyl sites for hydroxylation is 1. The molecule has 0 fully saturated rings. The number of H-pyrrole nitrogens is 1. The number of fused-ring (bicyclic) bond motifs is 1. The predicted molar refractivity (Wildman–Crippen MR) is 103 cm³/mol. The van der Waals surface area contributed by atoms with E-state index in [0.29, 0.717) is 6.54 Å². The average Bonchev–Trinajstić information content (AvgIpc) is 3.05. The second-order valence-electron chi connectivity index (χ2n) is 5.47. The fourth-order valence-electron chi connectivity index (χ4n) is 2.07. The number of hydrogen-bond donors (Lipinski definition) is 2.